The Labute approximate surface area is 144 Å². The Morgan fingerprint density at radius 3 is 2.30 bits per heavy atom. The van der Waals surface area contributed by atoms with Gasteiger partial charge in [0.15, 0.2) is 0 Å². The van der Waals surface area contributed by atoms with Crippen molar-refractivity contribution in [1.82, 2.24) is 0 Å². The molecular weight excluding hydrogens is 336 g/mol. The van der Waals surface area contributed by atoms with Crippen LogP contribution in [-0.2, 0) is 23.3 Å². The maximum absolute atomic E-state index is 3.40. The molecule has 20 heavy (non-hydrogen) atoms. The minimum absolute atomic E-state index is 0. The van der Waals surface area contributed by atoms with E-state index < -0.39 is 0 Å². The van der Waals surface area contributed by atoms with Crippen molar-refractivity contribution in [2.45, 2.75) is 46.5 Å². The first-order valence-electron chi connectivity index (χ1n) is 6.62. The van der Waals surface area contributed by atoms with E-state index in [-0.39, 0.29) is 14.9 Å². The van der Waals surface area contributed by atoms with Crippen LogP contribution in [0.25, 0.3) is 0 Å². The number of unbranched alkanes of at least 4 members (excludes halogenated alkanes) is 1. The van der Waals surface area contributed by atoms with Crippen LogP contribution in [-0.4, -0.2) is 6.88 Å². The van der Waals surface area contributed by atoms with Gasteiger partial charge in [0.25, 0.3) is 0 Å². The summed E-state index contributed by atoms with van der Waals surface area (Å²) in [5, 5.41) is 0. The van der Waals surface area contributed by atoms with Crippen molar-refractivity contribution in [2.75, 3.05) is 0 Å². The predicted octanol–water partition coefficient (Wildman–Crippen LogP) is 4.79. The molecule has 1 atom stereocenters. The van der Waals surface area contributed by atoms with Gasteiger partial charge in [-0.1, -0.05) is 46.0 Å². The first-order chi connectivity index (χ1) is 8.74. The van der Waals surface area contributed by atoms with Crippen LogP contribution in [0.4, 0.5) is 0 Å². The zero-order chi connectivity index (χ0) is 13.8. The molecule has 0 amide bonds. The van der Waals surface area contributed by atoms with Crippen LogP contribution in [0.5, 0.6) is 0 Å². The van der Waals surface area contributed by atoms with Crippen molar-refractivity contribution in [1.29, 1.82) is 0 Å². The van der Waals surface area contributed by atoms with E-state index in [2.05, 4.69) is 45.1 Å². The van der Waals surface area contributed by atoms with E-state index >= 15 is 0 Å². The minimum atomic E-state index is 0. The van der Waals surface area contributed by atoms with Crippen molar-refractivity contribution in [3.05, 3.63) is 62.5 Å². The molecule has 0 radical (unpaired) electrons. The molecule has 2 aliphatic rings. The molecule has 114 valence electrons. The van der Waals surface area contributed by atoms with Crippen molar-refractivity contribution in [3.63, 3.8) is 0 Å². The van der Waals surface area contributed by atoms with Gasteiger partial charge in [0.2, 0.25) is 0 Å². The summed E-state index contributed by atoms with van der Waals surface area (Å²) in [6.07, 6.45) is 19.6. The zero-order valence-electron chi connectivity index (χ0n) is 13.9. The summed E-state index contributed by atoms with van der Waals surface area (Å²) >= 11 is 1.58. The Hall–Kier alpha value is 0.0600. The molecule has 0 N–H and O–H groups in total. The van der Waals surface area contributed by atoms with E-state index in [9.17, 15) is 0 Å². The fraction of sp³-hybridized carbons (Fsp3) is 0.444. The van der Waals surface area contributed by atoms with E-state index in [4.69, 9.17) is 0 Å². The molecule has 0 nitrogen and oxygen atoms in total. The summed E-state index contributed by atoms with van der Waals surface area (Å²) in [7, 11) is 0. The standard InChI is InChI=1S/C11H17.C5H5.2CH3.H2Si.Zr/c1-4-5-6-11-8-9(2)7-10(11)3;1-2-4-5-3-1;;;;/h8-9H,4-6H2,1-3H3;1-3H,4H2;2*1H3;1H2;/q4*-1;;. The van der Waals surface area contributed by atoms with Crippen molar-refractivity contribution < 1.29 is 23.3 Å². The average Bonchev–Trinajstić information content (AvgIpc) is 3.03. The van der Waals surface area contributed by atoms with Crippen molar-refractivity contribution >= 4 is 6.88 Å². The Balaban J connectivity index is -0.000000274. The molecule has 0 aromatic carbocycles. The second kappa shape index (κ2) is 17.1. The number of allylic oxidation sites excluding steroid dienone is 8. The average molecular weight is 366 g/mol. The summed E-state index contributed by atoms with van der Waals surface area (Å²) in [6, 6.07) is 0. The molecule has 0 saturated carbocycles. The Kier molecular flexibility index (Phi) is 21.4. The van der Waals surface area contributed by atoms with E-state index in [0.29, 0.717) is 5.92 Å². The topological polar surface area (TPSA) is 0 Å². The van der Waals surface area contributed by atoms with E-state index in [1.807, 2.05) is 19.0 Å². The van der Waals surface area contributed by atoms with Crippen molar-refractivity contribution in [3.8, 4) is 0 Å². The van der Waals surface area contributed by atoms with Gasteiger partial charge in [-0.3, -0.25) is 12.2 Å². The molecule has 0 aromatic rings. The summed E-state index contributed by atoms with van der Waals surface area (Å²) in [6.45, 7) is 8.56. The van der Waals surface area contributed by atoms with Crippen LogP contribution in [0.1, 0.15) is 46.5 Å². The van der Waals surface area contributed by atoms with Gasteiger partial charge in [0.1, 0.15) is 0 Å². The SMILES string of the molecule is CCCCC1=CC(C)[C-]=C1C.[C-]1=CC=CC1.[CH3-].[CH3-].[SiH2]=[Zr]. The molecule has 1 unspecified atom stereocenters. The normalized spacial score (nSPS) is 17.4. The molecule has 0 saturated heterocycles. The Morgan fingerprint density at radius 1 is 1.35 bits per heavy atom. The summed E-state index contributed by atoms with van der Waals surface area (Å²) in [5.74, 6) is 0.557. The molecule has 2 aliphatic carbocycles. The van der Waals surface area contributed by atoms with Gasteiger partial charge in [-0.05, 0) is 0 Å². The van der Waals surface area contributed by atoms with Gasteiger partial charge in [0, 0.05) is 0 Å². The summed E-state index contributed by atoms with van der Waals surface area (Å²) in [5.41, 5.74) is 2.91. The van der Waals surface area contributed by atoms with Gasteiger partial charge in [-0.2, -0.15) is 17.7 Å². The third-order valence-electron chi connectivity index (χ3n) is 2.76. The molecule has 0 spiro atoms. The van der Waals surface area contributed by atoms with E-state index in [1.165, 1.54) is 30.4 Å². The van der Waals surface area contributed by atoms with Crippen LogP contribution in [0.3, 0.4) is 0 Å². The quantitative estimate of drug-likeness (QED) is 0.498. The third kappa shape index (κ3) is 11.9. The monoisotopic (exact) mass is 364 g/mol. The molecule has 0 bridgehead atoms. The number of rotatable bonds is 3. The number of hydrogen-bond acceptors (Lipinski definition) is 0. The molecule has 0 fully saturated rings. The molecular formula is C18H30SiZr-4. The van der Waals surface area contributed by atoms with Crippen LogP contribution in [0.2, 0.25) is 0 Å². The van der Waals surface area contributed by atoms with Crippen LogP contribution < -0.4 is 0 Å². The Bertz CT molecular complexity index is 327. The molecule has 0 aliphatic heterocycles. The molecule has 0 aromatic heterocycles. The summed E-state index contributed by atoms with van der Waals surface area (Å²) < 4.78 is 0. The van der Waals surface area contributed by atoms with Gasteiger partial charge in [-0.15, -0.1) is 6.42 Å². The predicted molar refractivity (Wildman–Crippen MR) is 92.1 cm³/mol. The first-order valence-corrected chi connectivity index (χ1v) is 12.5. The van der Waals surface area contributed by atoms with E-state index in [1.54, 1.807) is 23.3 Å². The van der Waals surface area contributed by atoms with Crippen LogP contribution >= 0.6 is 0 Å². The Morgan fingerprint density at radius 2 is 2.00 bits per heavy atom. The van der Waals surface area contributed by atoms with Gasteiger partial charge in [-0.25, -0.2) is 17.7 Å². The van der Waals surface area contributed by atoms with Crippen LogP contribution in [0, 0.1) is 32.9 Å². The first kappa shape index (κ1) is 25.0. The maximum atomic E-state index is 3.40. The van der Waals surface area contributed by atoms with Crippen LogP contribution in [0.15, 0.2) is 35.5 Å². The van der Waals surface area contributed by atoms with Gasteiger partial charge < -0.3 is 14.9 Å². The van der Waals surface area contributed by atoms with Gasteiger partial charge in [0.05, 0.1) is 0 Å². The second-order valence-electron chi connectivity index (χ2n) is 4.36. The molecule has 2 rings (SSSR count). The second-order valence-corrected chi connectivity index (χ2v) is 4.36. The molecule has 2 heteroatoms. The molecule has 0 heterocycles. The van der Waals surface area contributed by atoms with Crippen molar-refractivity contribution in [2.24, 2.45) is 5.92 Å². The fourth-order valence-corrected chi connectivity index (χ4v) is 1.88. The fourth-order valence-electron chi connectivity index (χ4n) is 1.88. The van der Waals surface area contributed by atoms with E-state index in [0.717, 1.165) is 6.42 Å². The third-order valence-corrected chi connectivity index (χ3v) is 2.76. The zero-order valence-corrected chi connectivity index (χ0v) is 17.8. The summed E-state index contributed by atoms with van der Waals surface area (Å²) in [4.78, 5) is 0. The van der Waals surface area contributed by atoms with Gasteiger partial charge >= 0.3 is 30.2 Å². The number of hydrogen-bond donors (Lipinski definition) is 0.